The number of nitrogens with zero attached hydrogens (tertiary/aromatic N) is 1. The summed E-state index contributed by atoms with van der Waals surface area (Å²) in [6.45, 7) is 4.36. The summed E-state index contributed by atoms with van der Waals surface area (Å²) >= 11 is 1.43. The Morgan fingerprint density at radius 2 is 2.33 bits per heavy atom. The first-order valence-corrected chi connectivity index (χ1v) is 7.87. The third-order valence-corrected chi connectivity index (χ3v) is 4.31. The van der Waals surface area contributed by atoms with E-state index in [2.05, 4.69) is 10.3 Å². The molecule has 1 aliphatic rings. The molecule has 2 rings (SSSR count). The number of carbonyl (C=O) groups is 2. The van der Waals surface area contributed by atoms with Gasteiger partial charge in [-0.2, -0.15) is 0 Å². The van der Waals surface area contributed by atoms with Gasteiger partial charge in [-0.3, -0.25) is 9.59 Å². The van der Waals surface area contributed by atoms with Crippen LogP contribution >= 0.6 is 11.3 Å². The number of aromatic nitrogens is 1. The zero-order valence-electron chi connectivity index (χ0n) is 12.2. The molecule has 1 atom stereocenters. The number of nitrogens with one attached hydrogen (secondary N) is 1. The smallest absolute Gasteiger partial charge is 0.303 e. The summed E-state index contributed by atoms with van der Waals surface area (Å²) in [6, 6.07) is 0. The molecule has 0 spiro atoms. The quantitative estimate of drug-likeness (QED) is 0.842. The molecule has 2 heterocycles. The first kappa shape index (κ1) is 15.9. The Bertz CT molecular complexity index is 521. The van der Waals surface area contributed by atoms with E-state index in [1.54, 1.807) is 19.2 Å². The maximum atomic E-state index is 12.2. The number of thiazole rings is 1. The van der Waals surface area contributed by atoms with Crippen molar-refractivity contribution in [3.8, 4) is 0 Å². The Labute approximate surface area is 127 Å². The molecule has 0 aromatic carbocycles. The van der Waals surface area contributed by atoms with Crippen molar-refractivity contribution >= 4 is 23.2 Å². The van der Waals surface area contributed by atoms with Crippen LogP contribution in [0.1, 0.15) is 61.1 Å². The fraction of sp³-hybridized carbons (Fsp3) is 0.643. The van der Waals surface area contributed by atoms with Gasteiger partial charge in [-0.1, -0.05) is 0 Å². The molecule has 7 heteroatoms. The lowest BCUT2D eigenvalue weighted by atomic mass is 9.98. The van der Waals surface area contributed by atoms with Crippen molar-refractivity contribution in [2.75, 3.05) is 6.61 Å². The summed E-state index contributed by atoms with van der Waals surface area (Å²) in [5.74, 6) is -1.14. The average Bonchev–Trinajstić information content (AvgIpc) is 3.06. The fourth-order valence-corrected chi connectivity index (χ4v) is 3.05. The molecule has 0 radical (unpaired) electrons. The second-order valence-corrected chi connectivity index (χ2v) is 6.69. The van der Waals surface area contributed by atoms with E-state index in [0.29, 0.717) is 12.1 Å². The van der Waals surface area contributed by atoms with E-state index in [-0.39, 0.29) is 18.4 Å². The molecule has 0 aliphatic carbocycles. The maximum Gasteiger partial charge on any atom is 0.303 e. The van der Waals surface area contributed by atoms with E-state index in [0.717, 1.165) is 24.5 Å². The van der Waals surface area contributed by atoms with Crippen molar-refractivity contribution in [3.63, 3.8) is 0 Å². The van der Waals surface area contributed by atoms with Gasteiger partial charge >= 0.3 is 5.97 Å². The van der Waals surface area contributed by atoms with Gasteiger partial charge in [0.2, 0.25) is 0 Å². The normalized spacial score (nSPS) is 18.7. The van der Waals surface area contributed by atoms with Gasteiger partial charge in [-0.05, 0) is 33.1 Å². The number of carboxylic acid groups (broad SMARTS) is 1. The van der Waals surface area contributed by atoms with Crippen molar-refractivity contribution in [1.29, 1.82) is 0 Å². The molecule has 1 fully saturated rings. The Kier molecular flexibility index (Phi) is 4.95. The third-order valence-electron chi connectivity index (χ3n) is 3.38. The summed E-state index contributed by atoms with van der Waals surface area (Å²) in [7, 11) is 0. The average molecular weight is 312 g/mol. The molecule has 21 heavy (non-hydrogen) atoms. The zero-order valence-corrected chi connectivity index (χ0v) is 13.0. The number of rotatable bonds is 6. The van der Waals surface area contributed by atoms with E-state index in [4.69, 9.17) is 9.84 Å². The Balaban J connectivity index is 1.95. The predicted octanol–water partition coefficient (Wildman–Crippen LogP) is 2.37. The molecule has 6 nitrogen and oxygen atoms in total. The second kappa shape index (κ2) is 6.53. The van der Waals surface area contributed by atoms with E-state index < -0.39 is 11.5 Å². The van der Waals surface area contributed by atoms with Gasteiger partial charge in [-0.15, -0.1) is 11.3 Å². The van der Waals surface area contributed by atoms with Gasteiger partial charge in [0.05, 0.1) is 0 Å². The number of amides is 1. The maximum absolute atomic E-state index is 12.2. The topological polar surface area (TPSA) is 88.5 Å². The molecule has 2 N–H and O–H groups in total. The van der Waals surface area contributed by atoms with Gasteiger partial charge in [-0.25, -0.2) is 4.98 Å². The van der Waals surface area contributed by atoms with Crippen LogP contribution in [-0.2, 0) is 9.53 Å². The molecule has 1 unspecified atom stereocenters. The molecule has 1 saturated heterocycles. The number of hydrogen-bond donors (Lipinski definition) is 2. The monoisotopic (exact) mass is 312 g/mol. The Hall–Kier alpha value is -1.47. The Morgan fingerprint density at radius 3 is 2.95 bits per heavy atom. The minimum Gasteiger partial charge on any atom is -0.481 e. The summed E-state index contributed by atoms with van der Waals surface area (Å²) in [5, 5.41) is 14.1. The highest BCUT2D eigenvalue weighted by Gasteiger charge is 2.25. The van der Waals surface area contributed by atoms with Gasteiger partial charge in [0.1, 0.15) is 16.8 Å². The summed E-state index contributed by atoms with van der Waals surface area (Å²) in [4.78, 5) is 27.1. The van der Waals surface area contributed by atoms with Gasteiger partial charge < -0.3 is 15.2 Å². The number of aliphatic carboxylic acids is 1. The molecule has 1 amide bonds. The lowest BCUT2D eigenvalue weighted by Gasteiger charge is -2.25. The summed E-state index contributed by atoms with van der Waals surface area (Å²) in [5.41, 5.74) is -0.211. The van der Waals surface area contributed by atoms with Crippen molar-refractivity contribution in [2.45, 2.75) is 51.2 Å². The van der Waals surface area contributed by atoms with Crippen molar-refractivity contribution in [2.24, 2.45) is 0 Å². The van der Waals surface area contributed by atoms with Crippen LogP contribution in [0, 0.1) is 0 Å². The summed E-state index contributed by atoms with van der Waals surface area (Å²) in [6.07, 6.45) is 2.37. The van der Waals surface area contributed by atoms with Crippen LogP contribution < -0.4 is 5.32 Å². The largest absolute Gasteiger partial charge is 0.481 e. The van der Waals surface area contributed by atoms with Crippen LogP contribution in [0.2, 0.25) is 0 Å². The third kappa shape index (κ3) is 4.50. The molecule has 0 saturated carbocycles. The van der Waals surface area contributed by atoms with Crippen LogP contribution in [0.15, 0.2) is 5.38 Å². The minimum atomic E-state index is -0.869. The van der Waals surface area contributed by atoms with E-state index >= 15 is 0 Å². The molecular formula is C14H20N2O4S. The van der Waals surface area contributed by atoms with Crippen LogP contribution in [0.25, 0.3) is 0 Å². The Morgan fingerprint density at radius 1 is 1.57 bits per heavy atom. The molecule has 1 aromatic heterocycles. The standard InChI is InChI=1S/C14H20N2O4S/c1-14(2,6-5-11(17)18)16-12(19)9-8-21-13(15-9)10-4-3-7-20-10/h8,10H,3-7H2,1-2H3,(H,16,19)(H,17,18). The van der Waals surface area contributed by atoms with Crippen LogP contribution in [0.3, 0.4) is 0 Å². The van der Waals surface area contributed by atoms with Gasteiger partial charge in [0.25, 0.3) is 5.91 Å². The molecule has 116 valence electrons. The predicted molar refractivity (Wildman–Crippen MR) is 78.5 cm³/mol. The van der Waals surface area contributed by atoms with Crippen LogP contribution in [0.5, 0.6) is 0 Å². The molecule has 1 aliphatic heterocycles. The summed E-state index contributed by atoms with van der Waals surface area (Å²) < 4.78 is 5.55. The zero-order chi connectivity index (χ0) is 15.5. The number of hydrogen-bond acceptors (Lipinski definition) is 5. The first-order chi connectivity index (χ1) is 9.87. The lowest BCUT2D eigenvalue weighted by molar-refractivity contribution is -0.137. The highest BCUT2D eigenvalue weighted by molar-refractivity contribution is 7.09. The second-order valence-electron chi connectivity index (χ2n) is 5.80. The van der Waals surface area contributed by atoms with Crippen molar-refractivity contribution < 1.29 is 19.4 Å². The molecule has 0 bridgehead atoms. The fourth-order valence-electron chi connectivity index (χ4n) is 2.17. The van der Waals surface area contributed by atoms with Crippen molar-refractivity contribution in [3.05, 3.63) is 16.1 Å². The molecular weight excluding hydrogens is 292 g/mol. The highest BCUT2D eigenvalue weighted by atomic mass is 32.1. The van der Waals surface area contributed by atoms with Gasteiger partial charge in [0, 0.05) is 23.9 Å². The number of carboxylic acids is 1. The van der Waals surface area contributed by atoms with E-state index in [9.17, 15) is 9.59 Å². The molecule has 1 aromatic rings. The van der Waals surface area contributed by atoms with Crippen LogP contribution in [-0.4, -0.2) is 34.1 Å². The van der Waals surface area contributed by atoms with E-state index in [1.807, 2.05) is 0 Å². The highest BCUT2D eigenvalue weighted by Crippen LogP contribution is 2.30. The lowest BCUT2D eigenvalue weighted by Crippen LogP contribution is -2.43. The number of carbonyl (C=O) groups excluding carboxylic acids is 1. The minimum absolute atomic E-state index is 0.0107. The van der Waals surface area contributed by atoms with Gasteiger partial charge in [0.15, 0.2) is 0 Å². The first-order valence-electron chi connectivity index (χ1n) is 6.99. The van der Waals surface area contributed by atoms with E-state index in [1.165, 1.54) is 11.3 Å². The van der Waals surface area contributed by atoms with Crippen molar-refractivity contribution in [1.82, 2.24) is 10.3 Å². The van der Waals surface area contributed by atoms with Crippen LogP contribution in [0.4, 0.5) is 0 Å². The number of ether oxygens (including phenoxy) is 1. The SMILES string of the molecule is CC(C)(CCC(=O)O)NC(=O)c1csc(C2CCCO2)n1.